The van der Waals surface area contributed by atoms with Gasteiger partial charge in [-0.3, -0.25) is 9.59 Å². The molecule has 0 atom stereocenters. The van der Waals surface area contributed by atoms with Crippen LogP contribution < -0.4 is 0 Å². The molecule has 0 aromatic heterocycles. The topological polar surface area (TPSA) is 52.6 Å². The lowest BCUT2D eigenvalue weighted by atomic mass is 9.74. The molecular weight excluding hydrogens is 689 g/mol. The van der Waals surface area contributed by atoms with Gasteiger partial charge >= 0.3 is 11.9 Å². The molecule has 0 aromatic carbocycles. The zero-order valence-corrected chi connectivity index (χ0v) is 38.7. The van der Waals surface area contributed by atoms with E-state index in [2.05, 4.69) is 27.7 Å². The van der Waals surface area contributed by atoms with Gasteiger partial charge in [0.05, 0.1) is 13.2 Å². The van der Waals surface area contributed by atoms with Crippen LogP contribution in [0.3, 0.4) is 0 Å². The van der Waals surface area contributed by atoms with Crippen LogP contribution in [0.4, 0.5) is 0 Å². The van der Waals surface area contributed by atoms with E-state index < -0.39 is 5.41 Å². The van der Waals surface area contributed by atoms with Crippen molar-refractivity contribution in [2.75, 3.05) is 13.2 Å². The minimum atomic E-state index is -1.06. The number of hydrogen-bond acceptors (Lipinski definition) is 4. The highest BCUT2D eigenvalue weighted by Crippen LogP contribution is 2.39. The average Bonchev–Trinajstić information content (AvgIpc) is 3.19. The summed E-state index contributed by atoms with van der Waals surface area (Å²) >= 11 is 0. The lowest BCUT2D eigenvalue weighted by molar-refractivity contribution is -0.175. The number of carbonyl (C=O) groups excluding carboxylic acids is 2. The van der Waals surface area contributed by atoms with Crippen LogP contribution in [-0.2, 0) is 19.1 Å². The Labute approximate surface area is 351 Å². The summed E-state index contributed by atoms with van der Waals surface area (Å²) in [5, 5.41) is 0. The number of unbranched alkanes of at least 4 members (excludes halogenated alkanes) is 32. The van der Waals surface area contributed by atoms with Gasteiger partial charge in [-0.15, -0.1) is 0 Å². The highest BCUT2D eigenvalue weighted by atomic mass is 16.6. The molecule has 0 radical (unpaired) electrons. The molecule has 1 saturated carbocycles. The number of esters is 2. The van der Waals surface area contributed by atoms with E-state index in [0.717, 1.165) is 56.8 Å². The summed E-state index contributed by atoms with van der Waals surface area (Å²) in [6, 6.07) is 0. The Kier molecular flexibility index (Phi) is 37.3. The van der Waals surface area contributed by atoms with Gasteiger partial charge in [0, 0.05) is 0 Å². The number of hydrogen-bond donors (Lipinski definition) is 0. The zero-order chi connectivity index (χ0) is 40.6. The second-order valence-corrected chi connectivity index (χ2v) is 19.3. The molecule has 4 nitrogen and oxygen atoms in total. The highest BCUT2D eigenvalue weighted by molar-refractivity contribution is 6.00. The number of ether oxygens (including phenoxy) is 2. The molecule has 0 heterocycles. The number of rotatable bonds is 42. The first-order valence-corrected chi connectivity index (χ1v) is 25.7. The van der Waals surface area contributed by atoms with Crippen LogP contribution in [0.15, 0.2) is 0 Å². The zero-order valence-electron chi connectivity index (χ0n) is 38.7. The van der Waals surface area contributed by atoms with Crippen molar-refractivity contribution in [1.29, 1.82) is 0 Å². The molecule has 0 N–H and O–H groups in total. The minimum Gasteiger partial charge on any atom is -0.465 e. The molecule has 0 aromatic rings. The fourth-order valence-electron chi connectivity index (χ4n) is 8.87. The Morgan fingerprint density at radius 3 is 0.786 bits per heavy atom. The van der Waals surface area contributed by atoms with E-state index in [9.17, 15) is 9.59 Å². The van der Waals surface area contributed by atoms with Crippen LogP contribution in [0.1, 0.15) is 291 Å². The van der Waals surface area contributed by atoms with Gasteiger partial charge in [0.2, 0.25) is 0 Å². The van der Waals surface area contributed by atoms with Crippen molar-refractivity contribution in [3.05, 3.63) is 0 Å². The Bertz CT molecular complexity index is 782. The van der Waals surface area contributed by atoms with Crippen molar-refractivity contribution >= 4 is 11.9 Å². The van der Waals surface area contributed by atoms with Gasteiger partial charge in [-0.05, 0) is 37.5 Å². The first-order chi connectivity index (χ1) is 27.4. The molecule has 0 spiro atoms. The van der Waals surface area contributed by atoms with E-state index in [1.54, 1.807) is 0 Å². The molecule has 0 amide bonds. The van der Waals surface area contributed by atoms with Gasteiger partial charge in [-0.1, -0.05) is 265 Å². The fourth-order valence-corrected chi connectivity index (χ4v) is 8.87. The predicted octanol–water partition coefficient (Wildman–Crippen LogP) is 17.4. The van der Waals surface area contributed by atoms with Crippen LogP contribution in [-0.4, -0.2) is 25.2 Å². The molecule has 0 aliphatic heterocycles. The third kappa shape index (κ3) is 31.9. The van der Waals surface area contributed by atoms with E-state index in [1.165, 1.54) is 205 Å². The molecule has 1 aliphatic rings. The van der Waals surface area contributed by atoms with Crippen LogP contribution in [0.25, 0.3) is 0 Å². The minimum absolute atomic E-state index is 0.317. The Balaban J connectivity index is 1.95. The third-order valence-corrected chi connectivity index (χ3v) is 12.8. The summed E-state index contributed by atoms with van der Waals surface area (Å²) in [5.74, 6) is 1.10. The lowest BCUT2D eigenvalue weighted by Gasteiger charge is -2.32. The normalized spacial score (nSPS) is 14.2. The van der Waals surface area contributed by atoms with Crippen molar-refractivity contribution in [1.82, 2.24) is 0 Å². The maximum atomic E-state index is 13.3. The van der Waals surface area contributed by atoms with Crippen molar-refractivity contribution in [3.8, 4) is 0 Å². The SMILES string of the molecule is CC(C)CCCCCCCCCCCCCCCCCCCOC(=O)C1(C(=O)OCCCCCCCCCCCCCCCCCCCC(C)C)CCCCC1. The van der Waals surface area contributed by atoms with E-state index >= 15 is 0 Å². The molecular formula is C52H100O4. The third-order valence-electron chi connectivity index (χ3n) is 12.8. The number of carbonyl (C=O) groups is 2. The molecule has 332 valence electrons. The van der Waals surface area contributed by atoms with Crippen LogP contribution >= 0.6 is 0 Å². The second kappa shape index (κ2) is 39.4. The first kappa shape index (κ1) is 53.0. The van der Waals surface area contributed by atoms with Gasteiger partial charge in [0.15, 0.2) is 5.41 Å². The highest BCUT2D eigenvalue weighted by Gasteiger charge is 2.49. The smallest absolute Gasteiger partial charge is 0.323 e. The summed E-state index contributed by atoms with van der Waals surface area (Å²) in [5.41, 5.74) is -1.06. The molecule has 1 fully saturated rings. The molecule has 0 bridgehead atoms. The van der Waals surface area contributed by atoms with E-state index in [-0.39, 0.29) is 11.9 Å². The van der Waals surface area contributed by atoms with Gasteiger partial charge in [0.25, 0.3) is 0 Å². The van der Waals surface area contributed by atoms with Crippen molar-refractivity contribution in [3.63, 3.8) is 0 Å². The molecule has 1 aliphatic carbocycles. The Morgan fingerprint density at radius 1 is 0.339 bits per heavy atom. The quantitative estimate of drug-likeness (QED) is 0.0351. The summed E-state index contributed by atoms with van der Waals surface area (Å²) in [4.78, 5) is 26.5. The van der Waals surface area contributed by atoms with Crippen LogP contribution in [0.2, 0.25) is 0 Å². The summed E-state index contributed by atoms with van der Waals surface area (Å²) in [6.45, 7) is 10.2. The monoisotopic (exact) mass is 789 g/mol. The van der Waals surface area contributed by atoms with Gasteiger partial charge in [0.1, 0.15) is 0 Å². The maximum absolute atomic E-state index is 13.3. The van der Waals surface area contributed by atoms with Gasteiger partial charge in [-0.2, -0.15) is 0 Å². The van der Waals surface area contributed by atoms with Crippen molar-refractivity contribution < 1.29 is 19.1 Å². The Hall–Kier alpha value is -1.06. The average molecular weight is 789 g/mol. The van der Waals surface area contributed by atoms with E-state index in [0.29, 0.717) is 26.1 Å². The van der Waals surface area contributed by atoms with Gasteiger partial charge in [-0.25, -0.2) is 0 Å². The van der Waals surface area contributed by atoms with E-state index in [1.807, 2.05) is 0 Å². The van der Waals surface area contributed by atoms with Crippen molar-refractivity contribution in [2.24, 2.45) is 17.3 Å². The molecule has 56 heavy (non-hydrogen) atoms. The summed E-state index contributed by atoms with van der Waals surface area (Å²) in [7, 11) is 0. The second-order valence-electron chi connectivity index (χ2n) is 19.3. The van der Waals surface area contributed by atoms with E-state index in [4.69, 9.17) is 9.47 Å². The lowest BCUT2D eigenvalue weighted by Crippen LogP contribution is -2.43. The fraction of sp³-hybridized carbons (Fsp3) is 0.962. The van der Waals surface area contributed by atoms with Crippen LogP contribution in [0.5, 0.6) is 0 Å². The van der Waals surface area contributed by atoms with Gasteiger partial charge < -0.3 is 9.47 Å². The summed E-state index contributed by atoms with van der Waals surface area (Å²) in [6.07, 6.45) is 52.5. The molecule has 1 rings (SSSR count). The van der Waals surface area contributed by atoms with Crippen molar-refractivity contribution in [2.45, 2.75) is 291 Å². The maximum Gasteiger partial charge on any atom is 0.323 e. The molecule has 0 unspecified atom stereocenters. The predicted molar refractivity (Wildman–Crippen MR) is 243 cm³/mol. The van der Waals surface area contributed by atoms with Crippen LogP contribution in [0, 0.1) is 17.3 Å². The first-order valence-electron chi connectivity index (χ1n) is 25.7. The molecule has 4 heteroatoms. The summed E-state index contributed by atoms with van der Waals surface area (Å²) < 4.78 is 11.5. The largest absolute Gasteiger partial charge is 0.465 e. The standard InChI is InChI=1S/C52H100O4/c1-48(2)42-36-31-27-23-19-15-11-7-5-9-13-17-21-25-29-33-40-46-55-50(53)52(44-38-35-39-45-52)51(54)56-47-41-34-30-26-22-18-14-10-6-8-12-16-20-24-28-32-37-43-49(3)4/h48-49H,5-47H2,1-4H3. The Morgan fingerprint density at radius 2 is 0.554 bits per heavy atom. The molecule has 0 saturated heterocycles.